The number of carboxylic acid groups (broad SMARTS) is 1. The second kappa shape index (κ2) is 6.43. The number of halogens is 1. The van der Waals surface area contributed by atoms with Crippen LogP contribution in [0.1, 0.15) is 26.3 Å². The first-order valence-corrected chi connectivity index (χ1v) is 6.28. The first-order chi connectivity index (χ1) is 9.58. The maximum atomic E-state index is 12.9. The molecule has 116 valence electrons. The van der Waals surface area contributed by atoms with Gasteiger partial charge in [-0.1, -0.05) is 6.07 Å². The van der Waals surface area contributed by atoms with Crippen LogP contribution in [0.15, 0.2) is 18.2 Å². The maximum absolute atomic E-state index is 12.9. The molecule has 0 fully saturated rings. The molecule has 0 saturated carbocycles. The zero-order chi connectivity index (χ0) is 16.2. The van der Waals surface area contributed by atoms with Gasteiger partial charge in [0.15, 0.2) is 11.6 Å². The van der Waals surface area contributed by atoms with E-state index in [2.05, 4.69) is 5.32 Å². The Morgan fingerprint density at radius 2 is 2.00 bits per heavy atom. The molecule has 0 radical (unpaired) electrons. The van der Waals surface area contributed by atoms with E-state index in [0.717, 1.165) is 12.1 Å². The smallest absolute Gasteiger partial charge is 0.408 e. The average Bonchev–Trinajstić information content (AvgIpc) is 2.30. The van der Waals surface area contributed by atoms with Crippen LogP contribution in [0.25, 0.3) is 0 Å². The Morgan fingerprint density at radius 3 is 2.48 bits per heavy atom. The highest BCUT2D eigenvalue weighted by atomic mass is 19.1. The van der Waals surface area contributed by atoms with E-state index >= 15 is 0 Å². The molecule has 0 spiro atoms. The minimum atomic E-state index is -1.26. The van der Waals surface area contributed by atoms with Crippen LogP contribution < -0.4 is 5.32 Å². The van der Waals surface area contributed by atoms with Crippen LogP contribution in [0.2, 0.25) is 0 Å². The largest absolute Gasteiger partial charge is 0.505 e. The molecule has 7 heteroatoms. The van der Waals surface area contributed by atoms with E-state index in [1.807, 2.05) is 0 Å². The van der Waals surface area contributed by atoms with Crippen molar-refractivity contribution in [1.29, 1.82) is 0 Å². The Hall–Kier alpha value is -2.31. The summed E-state index contributed by atoms with van der Waals surface area (Å²) in [5, 5.41) is 20.6. The molecule has 21 heavy (non-hydrogen) atoms. The Balaban J connectivity index is 2.76. The Labute approximate surface area is 121 Å². The minimum Gasteiger partial charge on any atom is -0.505 e. The molecule has 0 aliphatic rings. The molecule has 1 aromatic rings. The van der Waals surface area contributed by atoms with Crippen molar-refractivity contribution in [1.82, 2.24) is 5.32 Å². The number of aromatic hydroxyl groups is 1. The van der Waals surface area contributed by atoms with Crippen LogP contribution in [0.4, 0.5) is 9.18 Å². The number of phenolic OH excluding ortho intramolecular Hbond substituents is 1. The van der Waals surface area contributed by atoms with Gasteiger partial charge in [-0.3, -0.25) is 0 Å². The number of rotatable bonds is 4. The van der Waals surface area contributed by atoms with Crippen LogP contribution in [0.5, 0.6) is 5.75 Å². The quantitative estimate of drug-likeness (QED) is 0.790. The standard InChI is InChI=1S/C14H18FNO5/c1-14(2,3)21-13(20)16-10(12(18)19)6-8-4-5-9(15)11(17)7-8/h4-5,7,10,17H,6H2,1-3H3,(H,16,20)(H,18,19)/t10-/m0/s1. The number of hydrogen-bond acceptors (Lipinski definition) is 4. The molecule has 0 bridgehead atoms. The van der Waals surface area contributed by atoms with Gasteiger partial charge < -0.3 is 20.3 Å². The van der Waals surface area contributed by atoms with Crippen molar-refractivity contribution in [2.75, 3.05) is 0 Å². The molecule has 0 aliphatic heterocycles. The molecular weight excluding hydrogens is 281 g/mol. The second-order valence-corrected chi connectivity index (χ2v) is 5.53. The lowest BCUT2D eigenvalue weighted by atomic mass is 10.1. The summed E-state index contributed by atoms with van der Waals surface area (Å²) in [6.45, 7) is 4.96. The van der Waals surface area contributed by atoms with Crippen LogP contribution in [-0.2, 0) is 16.0 Å². The van der Waals surface area contributed by atoms with Gasteiger partial charge >= 0.3 is 12.1 Å². The number of amides is 1. The normalized spacial score (nSPS) is 12.6. The third kappa shape index (κ3) is 5.68. The van der Waals surface area contributed by atoms with Gasteiger partial charge in [-0.15, -0.1) is 0 Å². The molecule has 1 aromatic carbocycles. The van der Waals surface area contributed by atoms with Gasteiger partial charge in [0, 0.05) is 6.42 Å². The van der Waals surface area contributed by atoms with Crippen molar-refractivity contribution in [2.24, 2.45) is 0 Å². The van der Waals surface area contributed by atoms with Gasteiger partial charge in [0.05, 0.1) is 0 Å². The SMILES string of the molecule is CC(C)(C)OC(=O)N[C@@H](Cc1ccc(F)c(O)c1)C(=O)O. The highest BCUT2D eigenvalue weighted by Crippen LogP contribution is 2.18. The van der Waals surface area contributed by atoms with Crippen molar-refractivity contribution in [3.63, 3.8) is 0 Å². The van der Waals surface area contributed by atoms with E-state index in [0.29, 0.717) is 5.56 Å². The van der Waals surface area contributed by atoms with E-state index in [4.69, 9.17) is 9.84 Å². The highest BCUT2D eigenvalue weighted by Gasteiger charge is 2.24. The third-order valence-corrected chi connectivity index (χ3v) is 2.44. The zero-order valence-corrected chi connectivity index (χ0v) is 12.0. The summed E-state index contributed by atoms with van der Waals surface area (Å²) in [5.74, 6) is -2.63. The number of carbonyl (C=O) groups is 2. The lowest BCUT2D eigenvalue weighted by Gasteiger charge is -2.22. The molecule has 0 unspecified atom stereocenters. The number of hydrogen-bond donors (Lipinski definition) is 3. The molecule has 3 N–H and O–H groups in total. The number of phenols is 1. The first kappa shape index (κ1) is 16.7. The number of carbonyl (C=O) groups excluding carboxylic acids is 1. The van der Waals surface area contributed by atoms with Gasteiger partial charge in [-0.25, -0.2) is 14.0 Å². The van der Waals surface area contributed by atoms with Crippen LogP contribution in [0, 0.1) is 5.82 Å². The van der Waals surface area contributed by atoms with E-state index in [1.54, 1.807) is 20.8 Å². The van der Waals surface area contributed by atoms with Crippen LogP contribution in [0.3, 0.4) is 0 Å². The van der Waals surface area contributed by atoms with Crippen molar-refractivity contribution in [3.05, 3.63) is 29.6 Å². The summed E-state index contributed by atoms with van der Waals surface area (Å²) in [7, 11) is 0. The number of nitrogens with one attached hydrogen (secondary N) is 1. The monoisotopic (exact) mass is 299 g/mol. The fraction of sp³-hybridized carbons (Fsp3) is 0.429. The number of aliphatic carboxylic acids is 1. The van der Waals surface area contributed by atoms with Gasteiger partial charge in [-0.05, 0) is 38.5 Å². The number of benzene rings is 1. The van der Waals surface area contributed by atoms with Crippen LogP contribution >= 0.6 is 0 Å². The zero-order valence-electron chi connectivity index (χ0n) is 12.0. The summed E-state index contributed by atoms with van der Waals surface area (Å²) < 4.78 is 17.9. The number of alkyl carbamates (subject to hydrolysis) is 1. The molecular formula is C14H18FNO5. The van der Waals surface area contributed by atoms with E-state index < -0.39 is 35.3 Å². The molecule has 0 saturated heterocycles. The van der Waals surface area contributed by atoms with Crippen molar-refractivity contribution in [3.8, 4) is 5.75 Å². The van der Waals surface area contributed by atoms with Gasteiger partial charge in [0.2, 0.25) is 0 Å². The molecule has 1 amide bonds. The molecule has 6 nitrogen and oxygen atoms in total. The lowest BCUT2D eigenvalue weighted by Crippen LogP contribution is -2.44. The molecule has 0 heterocycles. The van der Waals surface area contributed by atoms with Gasteiger partial charge in [0.25, 0.3) is 0 Å². The van der Waals surface area contributed by atoms with E-state index in [-0.39, 0.29) is 6.42 Å². The second-order valence-electron chi connectivity index (χ2n) is 5.53. The Morgan fingerprint density at radius 1 is 1.38 bits per heavy atom. The summed E-state index contributed by atoms with van der Waals surface area (Å²) in [6, 6.07) is 2.23. The summed E-state index contributed by atoms with van der Waals surface area (Å²) >= 11 is 0. The van der Waals surface area contributed by atoms with Crippen molar-refractivity contribution in [2.45, 2.75) is 38.8 Å². The average molecular weight is 299 g/mol. The maximum Gasteiger partial charge on any atom is 0.408 e. The predicted molar refractivity (Wildman–Crippen MR) is 72.6 cm³/mol. The fourth-order valence-electron chi connectivity index (χ4n) is 1.57. The van der Waals surface area contributed by atoms with Crippen molar-refractivity contribution >= 4 is 12.1 Å². The predicted octanol–water partition coefficient (Wildman–Crippen LogP) is 2.05. The van der Waals surface area contributed by atoms with Gasteiger partial charge in [0.1, 0.15) is 11.6 Å². The molecule has 0 aromatic heterocycles. The minimum absolute atomic E-state index is 0.109. The summed E-state index contributed by atoms with van der Waals surface area (Å²) in [4.78, 5) is 22.7. The molecule has 1 rings (SSSR count). The Kier molecular flexibility index (Phi) is 5.12. The molecule has 0 aliphatic carbocycles. The first-order valence-electron chi connectivity index (χ1n) is 6.28. The fourth-order valence-corrected chi connectivity index (χ4v) is 1.57. The third-order valence-electron chi connectivity index (χ3n) is 2.44. The van der Waals surface area contributed by atoms with E-state index in [9.17, 15) is 19.1 Å². The lowest BCUT2D eigenvalue weighted by molar-refractivity contribution is -0.139. The summed E-state index contributed by atoms with van der Waals surface area (Å²) in [6.07, 6.45) is -0.969. The molecule has 1 atom stereocenters. The number of ether oxygens (including phenoxy) is 1. The topological polar surface area (TPSA) is 95.9 Å². The van der Waals surface area contributed by atoms with Crippen LogP contribution in [-0.4, -0.2) is 33.9 Å². The van der Waals surface area contributed by atoms with Gasteiger partial charge in [-0.2, -0.15) is 0 Å². The van der Waals surface area contributed by atoms with E-state index in [1.165, 1.54) is 6.07 Å². The number of carboxylic acids is 1. The highest BCUT2D eigenvalue weighted by molar-refractivity contribution is 5.80. The Bertz CT molecular complexity index is 539. The van der Waals surface area contributed by atoms with Crippen molar-refractivity contribution < 1.29 is 28.9 Å². The summed E-state index contributed by atoms with van der Waals surface area (Å²) in [5.41, 5.74) is -0.376.